The number of hydrogen-bond acceptors (Lipinski definition) is 5. The summed E-state index contributed by atoms with van der Waals surface area (Å²) in [4.78, 5) is 13.8. The van der Waals surface area contributed by atoms with Crippen molar-refractivity contribution < 1.29 is 19.4 Å². The predicted molar refractivity (Wildman–Crippen MR) is 90.7 cm³/mol. The molecule has 2 N–H and O–H groups in total. The summed E-state index contributed by atoms with van der Waals surface area (Å²) in [5.74, 6) is 1.43. The summed E-state index contributed by atoms with van der Waals surface area (Å²) in [6.07, 6.45) is 1.21. The van der Waals surface area contributed by atoms with Gasteiger partial charge < -0.3 is 19.9 Å². The Balaban J connectivity index is 1.52. The van der Waals surface area contributed by atoms with Crippen molar-refractivity contribution in [2.75, 3.05) is 13.2 Å². The van der Waals surface area contributed by atoms with Crippen molar-refractivity contribution >= 4 is 17.2 Å². The number of benzene rings is 1. The fourth-order valence-electron chi connectivity index (χ4n) is 3.20. The number of amides is 1. The SMILES string of the molecule is O=C(N[C@@H](c1cccs1)C1CC(O)C1)c1ccc2c(c1)OCCO2. The van der Waals surface area contributed by atoms with Gasteiger partial charge in [0.25, 0.3) is 5.91 Å². The zero-order valence-corrected chi connectivity index (χ0v) is 13.9. The standard InChI is InChI=1S/C18H19NO4S/c20-13-8-12(9-13)17(16-2-1-7-24-16)19-18(21)11-3-4-14-15(10-11)23-6-5-22-14/h1-4,7,10,12-13,17,20H,5-6,8-9H2,(H,19,21)/t12?,13?,17-/m1/s1. The summed E-state index contributed by atoms with van der Waals surface area (Å²) in [7, 11) is 0. The van der Waals surface area contributed by atoms with Crippen LogP contribution in [0.4, 0.5) is 0 Å². The molecule has 1 amide bonds. The van der Waals surface area contributed by atoms with E-state index in [4.69, 9.17) is 9.47 Å². The molecule has 0 unspecified atom stereocenters. The minimum absolute atomic E-state index is 0.0610. The number of rotatable bonds is 4. The molecule has 2 aromatic rings. The van der Waals surface area contributed by atoms with E-state index in [0.717, 1.165) is 17.7 Å². The second kappa shape index (κ2) is 6.45. The van der Waals surface area contributed by atoms with E-state index in [0.29, 0.717) is 30.3 Å². The van der Waals surface area contributed by atoms with Crippen molar-refractivity contribution in [2.24, 2.45) is 5.92 Å². The molecule has 2 heterocycles. The van der Waals surface area contributed by atoms with Gasteiger partial charge in [0.1, 0.15) is 13.2 Å². The van der Waals surface area contributed by atoms with Gasteiger partial charge in [-0.15, -0.1) is 11.3 Å². The fourth-order valence-corrected chi connectivity index (χ4v) is 4.07. The van der Waals surface area contributed by atoms with Crippen LogP contribution in [0.25, 0.3) is 0 Å². The van der Waals surface area contributed by atoms with Crippen LogP contribution in [0.5, 0.6) is 11.5 Å². The third-order valence-corrected chi connectivity index (χ3v) is 5.52. The van der Waals surface area contributed by atoms with E-state index in [9.17, 15) is 9.90 Å². The van der Waals surface area contributed by atoms with Crippen LogP contribution in [0.3, 0.4) is 0 Å². The number of hydrogen-bond donors (Lipinski definition) is 2. The predicted octanol–water partition coefficient (Wildman–Crippen LogP) is 2.76. The summed E-state index contributed by atoms with van der Waals surface area (Å²) in [6.45, 7) is 1.03. The molecule has 0 radical (unpaired) electrons. The summed E-state index contributed by atoms with van der Waals surface area (Å²) in [6, 6.07) is 9.21. The molecule has 0 saturated heterocycles. The molecule has 6 heteroatoms. The van der Waals surface area contributed by atoms with Crippen LogP contribution in [0.15, 0.2) is 35.7 Å². The zero-order chi connectivity index (χ0) is 16.5. The van der Waals surface area contributed by atoms with Gasteiger partial charge in [-0.2, -0.15) is 0 Å². The molecule has 1 aliphatic heterocycles. The second-order valence-corrected chi connectivity index (χ2v) is 7.19. The van der Waals surface area contributed by atoms with E-state index in [1.54, 1.807) is 29.5 Å². The van der Waals surface area contributed by atoms with Crippen molar-refractivity contribution in [1.29, 1.82) is 0 Å². The second-order valence-electron chi connectivity index (χ2n) is 6.21. The van der Waals surface area contributed by atoms with Gasteiger partial charge in [0, 0.05) is 10.4 Å². The maximum absolute atomic E-state index is 12.7. The number of carbonyl (C=O) groups excluding carboxylic acids is 1. The van der Waals surface area contributed by atoms with Gasteiger partial charge in [-0.3, -0.25) is 4.79 Å². The monoisotopic (exact) mass is 345 g/mol. The summed E-state index contributed by atoms with van der Waals surface area (Å²) >= 11 is 1.63. The maximum Gasteiger partial charge on any atom is 0.251 e. The molecule has 1 fully saturated rings. The number of aliphatic hydroxyl groups excluding tert-OH is 1. The quantitative estimate of drug-likeness (QED) is 0.894. The fraction of sp³-hybridized carbons (Fsp3) is 0.389. The lowest BCUT2D eigenvalue weighted by molar-refractivity contribution is 0.0241. The van der Waals surface area contributed by atoms with Crippen molar-refractivity contribution in [1.82, 2.24) is 5.32 Å². The van der Waals surface area contributed by atoms with Crippen LogP contribution in [0.1, 0.15) is 34.1 Å². The third-order valence-electron chi connectivity index (χ3n) is 4.56. The van der Waals surface area contributed by atoms with Crippen LogP contribution in [-0.2, 0) is 0 Å². The van der Waals surface area contributed by atoms with Crippen LogP contribution in [0, 0.1) is 5.92 Å². The average molecular weight is 345 g/mol. The average Bonchev–Trinajstić information content (AvgIpc) is 3.11. The van der Waals surface area contributed by atoms with Gasteiger partial charge in [0.05, 0.1) is 12.1 Å². The summed E-state index contributed by atoms with van der Waals surface area (Å²) in [5, 5.41) is 14.7. The van der Waals surface area contributed by atoms with Crippen LogP contribution in [0.2, 0.25) is 0 Å². The first-order chi connectivity index (χ1) is 11.7. The molecule has 0 spiro atoms. The Hall–Kier alpha value is -2.05. The summed E-state index contributed by atoms with van der Waals surface area (Å²) < 4.78 is 11.0. The molecule has 1 aromatic carbocycles. The Labute approximate surface area is 144 Å². The molecule has 1 aromatic heterocycles. The number of aliphatic hydroxyl groups is 1. The number of nitrogens with one attached hydrogen (secondary N) is 1. The first-order valence-electron chi connectivity index (χ1n) is 8.12. The van der Waals surface area contributed by atoms with Crippen molar-refractivity contribution in [3.05, 3.63) is 46.2 Å². The highest BCUT2D eigenvalue weighted by Gasteiger charge is 2.36. The minimum atomic E-state index is -0.247. The van der Waals surface area contributed by atoms with Gasteiger partial charge in [0.2, 0.25) is 0 Å². The lowest BCUT2D eigenvalue weighted by atomic mass is 9.76. The Morgan fingerprint density at radius 2 is 2.00 bits per heavy atom. The molecule has 5 nitrogen and oxygen atoms in total. The Morgan fingerprint density at radius 1 is 1.21 bits per heavy atom. The smallest absolute Gasteiger partial charge is 0.251 e. The highest BCUT2D eigenvalue weighted by Crippen LogP contribution is 2.40. The van der Waals surface area contributed by atoms with Crippen molar-refractivity contribution in [3.8, 4) is 11.5 Å². The van der Waals surface area contributed by atoms with Gasteiger partial charge >= 0.3 is 0 Å². The maximum atomic E-state index is 12.7. The lowest BCUT2D eigenvalue weighted by Crippen LogP contribution is -2.41. The van der Waals surface area contributed by atoms with Gasteiger partial charge in [-0.1, -0.05) is 6.07 Å². The molecule has 1 atom stereocenters. The number of fused-ring (bicyclic) bond motifs is 1. The van der Waals surface area contributed by atoms with E-state index in [-0.39, 0.29) is 24.0 Å². The number of ether oxygens (including phenoxy) is 2. The molecule has 1 saturated carbocycles. The van der Waals surface area contributed by atoms with Gasteiger partial charge in [0.15, 0.2) is 11.5 Å². The van der Waals surface area contributed by atoms with Crippen molar-refractivity contribution in [3.63, 3.8) is 0 Å². The van der Waals surface area contributed by atoms with E-state index >= 15 is 0 Å². The topological polar surface area (TPSA) is 67.8 Å². The van der Waals surface area contributed by atoms with Crippen LogP contribution >= 0.6 is 11.3 Å². The Kier molecular flexibility index (Phi) is 4.16. The number of thiophene rings is 1. The first kappa shape index (κ1) is 15.5. The van der Waals surface area contributed by atoms with Gasteiger partial charge in [-0.05, 0) is 48.4 Å². The van der Waals surface area contributed by atoms with Crippen molar-refractivity contribution in [2.45, 2.75) is 25.0 Å². The Bertz CT molecular complexity index is 725. The Morgan fingerprint density at radius 3 is 2.71 bits per heavy atom. The highest BCUT2D eigenvalue weighted by molar-refractivity contribution is 7.10. The highest BCUT2D eigenvalue weighted by atomic mass is 32.1. The minimum Gasteiger partial charge on any atom is -0.486 e. The lowest BCUT2D eigenvalue weighted by Gasteiger charge is -2.37. The first-order valence-corrected chi connectivity index (χ1v) is 9.00. The zero-order valence-electron chi connectivity index (χ0n) is 13.1. The molecule has 4 rings (SSSR count). The molecule has 126 valence electrons. The molecular formula is C18H19NO4S. The largest absolute Gasteiger partial charge is 0.486 e. The van der Waals surface area contributed by atoms with Gasteiger partial charge in [-0.25, -0.2) is 0 Å². The van der Waals surface area contributed by atoms with Crippen LogP contribution in [-0.4, -0.2) is 30.3 Å². The van der Waals surface area contributed by atoms with Crippen LogP contribution < -0.4 is 14.8 Å². The molecule has 0 bridgehead atoms. The van der Waals surface area contributed by atoms with E-state index in [1.807, 2.05) is 17.5 Å². The number of carbonyl (C=O) groups is 1. The third kappa shape index (κ3) is 2.99. The molecule has 2 aliphatic rings. The molecular weight excluding hydrogens is 326 g/mol. The van der Waals surface area contributed by atoms with E-state index in [2.05, 4.69) is 5.32 Å². The molecule has 24 heavy (non-hydrogen) atoms. The molecule has 1 aliphatic carbocycles. The normalized spacial score (nSPS) is 23.2. The van der Waals surface area contributed by atoms with E-state index in [1.165, 1.54) is 0 Å². The summed E-state index contributed by atoms with van der Waals surface area (Å²) in [5.41, 5.74) is 0.556. The van der Waals surface area contributed by atoms with E-state index < -0.39 is 0 Å².